The smallest absolute Gasteiger partial charge is 0.244 e. The van der Waals surface area contributed by atoms with E-state index >= 15 is 0 Å². The Labute approximate surface area is 169 Å². The number of carbonyl (C=O) groups is 1. The molecule has 7 nitrogen and oxygen atoms in total. The lowest BCUT2D eigenvalue weighted by atomic mass is 10.1. The molecule has 0 aliphatic carbocycles. The van der Waals surface area contributed by atoms with Gasteiger partial charge in [-0.15, -0.1) is 0 Å². The standard InChI is InChI=1S/C20H23FN2O5S/c1-13(2)19(23-29(25,26)18-10-6-3-7-15(18)21)20(24)22-11-14-12-27-16-8-4-5-9-17(16)28-14/h3-10,13-14,19,23H,11-12H2,1-2H3,(H,22,24). The Morgan fingerprint density at radius 1 is 1.14 bits per heavy atom. The number of nitrogens with one attached hydrogen (secondary N) is 2. The Kier molecular flexibility index (Phi) is 6.39. The zero-order chi connectivity index (χ0) is 21.0. The first-order valence-corrected chi connectivity index (χ1v) is 10.7. The van der Waals surface area contributed by atoms with Crippen LogP contribution in [0.25, 0.3) is 0 Å². The van der Waals surface area contributed by atoms with Crippen LogP contribution in [0.15, 0.2) is 53.4 Å². The molecule has 0 bridgehead atoms. The fraction of sp³-hybridized carbons (Fsp3) is 0.350. The number of benzene rings is 2. The molecule has 1 aliphatic heterocycles. The van der Waals surface area contributed by atoms with Crippen LogP contribution in [0.1, 0.15) is 13.8 Å². The van der Waals surface area contributed by atoms with Crippen molar-refractivity contribution in [1.29, 1.82) is 0 Å². The van der Waals surface area contributed by atoms with Gasteiger partial charge in [-0.1, -0.05) is 38.1 Å². The highest BCUT2D eigenvalue weighted by molar-refractivity contribution is 7.89. The maximum Gasteiger partial charge on any atom is 0.244 e. The molecule has 2 atom stereocenters. The van der Waals surface area contributed by atoms with Gasteiger partial charge in [0.1, 0.15) is 29.5 Å². The van der Waals surface area contributed by atoms with Crippen molar-refractivity contribution in [2.45, 2.75) is 30.9 Å². The van der Waals surface area contributed by atoms with Crippen LogP contribution in [-0.2, 0) is 14.8 Å². The van der Waals surface area contributed by atoms with Gasteiger partial charge >= 0.3 is 0 Å². The van der Waals surface area contributed by atoms with E-state index < -0.39 is 38.8 Å². The summed E-state index contributed by atoms with van der Waals surface area (Å²) in [7, 11) is -4.21. The van der Waals surface area contributed by atoms with Crippen LogP contribution >= 0.6 is 0 Å². The van der Waals surface area contributed by atoms with Gasteiger partial charge < -0.3 is 14.8 Å². The molecule has 1 heterocycles. The monoisotopic (exact) mass is 422 g/mol. The van der Waals surface area contributed by atoms with Gasteiger partial charge in [0.15, 0.2) is 11.5 Å². The SMILES string of the molecule is CC(C)C(NS(=O)(=O)c1ccccc1F)C(=O)NCC1COc2ccccc2O1. The topological polar surface area (TPSA) is 93.7 Å². The lowest BCUT2D eigenvalue weighted by Crippen LogP contribution is -2.52. The van der Waals surface area contributed by atoms with Crippen LogP contribution in [-0.4, -0.2) is 39.6 Å². The Balaban J connectivity index is 1.64. The molecule has 0 fully saturated rings. The van der Waals surface area contributed by atoms with E-state index in [0.717, 1.165) is 12.1 Å². The summed E-state index contributed by atoms with van der Waals surface area (Å²) in [5.41, 5.74) is 0. The highest BCUT2D eigenvalue weighted by atomic mass is 32.2. The predicted molar refractivity (Wildman–Crippen MR) is 105 cm³/mol. The number of rotatable bonds is 7. The van der Waals surface area contributed by atoms with E-state index in [1.165, 1.54) is 12.1 Å². The molecule has 2 unspecified atom stereocenters. The summed E-state index contributed by atoms with van der Waals surface area (Å²) >= 11 is 0. The zero-order valence-electron chi connectivity index (χ0n) is 16.1. The van der Waals surface area contributed by atoms with Crippen LogP contribution in [0.5, 0.6) is 11.5 Å². The van der Waals surface area contributed by atoms with Crippen LogP contribution < -0.4 is 19.5 Å². The molecule has 1 aliphatic rings. The second-order valence-electron chi connectivity index (χ2n) is 7.02. The van der Waals surface area contributed by atoms with Crippen molar-refractivity contribution in [2.75, 3.05) is 13.2 Å². The Morgan fingerprint density at radius 2 is 1.79 bits per heavy atom. The number of para-hydroxylation sites is 2. The van der Waals surface area contributed by atoms with E-state index in [0.29, 0.717) is 11.5 Å². The van der Waals surface area contributed by atoms with Crippen molar-refractivity contribution in [2.24, 2.45) is 5.92 Å². The number of fused-ring (bicyclic) bond motifs is 1. The second kappa shape index (κ2) is 8.79. The Bertz CT molecular complexity index is 980. The summed E-state index contributed by atoms with van der Waals surface area (Å²) in [6, 6.07) is 11.1. The molecule has 156 valence electrons. The van der Waals surface area contributed by atoms with E-state index in [2.05, 4.69) is 10.0 Å². The van der Waals surface area contributed by atoms with Crippen molar-refractivity contribution in [3.8, 4) is 11.5 Å². The van der Waals surface area contributed by atoms with Gasteiger partial charge in [0.05, 0.1) is 6.54 Å². The molecule has 0 spiro atoms. The maximum atomic E-state index is 13.9. The number of sulfonamides is 1. The van der Waals surface area contributed by atoms with Crippen molar-refractivity contribution in [3.63, 3.8) is 0 Å². The molecule has 2 N–H and O–H groups in total. The molecular formula is C20H23FN2O5S. The number of hydrogen-bond acceptors (Lipinski definition) is 5. The molecule has 2 aromatic rings. The van der Waals surface area contributed by atoms with E-state index in [-0.39, 0.29) is 19.1 Å². The number of carbonyl (C=O) groups excluding carboxylic acids is 1. The van der Waals surface area contributed by atoms with Gasteiger partial charge in [0, 0.05) is 0 Å². The summed E-state index contributed by atoms with van der Waals surface area (Å²) in [5, 5.41) is 2.69. The molecule has 1 amide bonds. The Hall–Kier alpha value is -2.65. The summed E-state index contributed by atoms with van der Waals surface area (Å²) in [4.78, 5) is 12.1. The third kappa shape index (κ3) is 5.04. The number of halogens is 1. The van der Waals surface area contributed by atoms with Gasteiger partial charge in [-0.3, -0.25) is 4.79 Å². The molecule has 3 rings (SSSR count). The van der Waals surface area contributed by atoms with E-state index in [1.807, 2.05) is 12.1 Å². The second-order valence-corrected chi connectivity index (χ2v) is 8.70. The molecule has 29 heavy (non-hydrogen) atoms. The van der Waals surface area contributed by atoms with Crippen molar-refractivity contribution >= 4 is 15.9 Å². The molecule has 2 aromatic carbocycles. The van der Waals surface area contributed by atoms with Crippen LogP contribution in [0.4, 0.5) is 4.39 Å². The average Bonchev–Trinajstić information content (AvgIpc) is 2.70. The molecule has 9 heteroatoms. The van der Waals surface area contributed by atoms with E-state index in [9.17, 15) is 17.6 Å². The minimum absolute atomic E-state index is 0.137. The van der Waals surface area contributed by atoms with Crippen LogP contribution in [0, 0.1) is 11.7 Å². The number of amides is 1. The van der Waals surface area contributed by atoms with Crippen molar-refractivity contribution in [3.05, 3.63) is 54.3 Å². The predicted octanol–water partition coefficient (Wildman–Crippen LogP) is 2.08. The zero-order valence-corrected chi connectivity index (χ0v) is 16.9. The summed E-state index contributed by atoms with van der Waals surface area (Å²) in [5.74, 6) is -0.552. The highest BCUT2D eigenvalue weighted by Gasteiger charge is 2.30. The quantitative estimate of drug-likeness (QED) is 0.713. The van der Waals surface area contributed by atoms with Gasteiger partial charge in [-0.05, 0) is 30.2 Å². The average molecular weight is 422 g/mol. The first kappa shape index (κ1) is 21.1. The van der Waals surface area contributed by atoms with Gasteiger partial charge in [-0.2, -0.15) is 4.72 Å². The number of ether oxygens (including phenoxy) is 2. The third-order valence-corrected chi connectivity index (χ3v) is 5.90. The molecular weight excluding hydrogens is 399 g/mol. The molecule has 0 saturated carbocycles. The fourth-order valence-corrected chi connectivity index (χ4v) is 4.30. The van der Waals surface area contributed by atoms with E-state index in [1.54, 1.807) is 26.0 Å². The van der Waals surface area contributed by atoms with E-state index in [4.69, 9.17) is 9.47 Å². The minimum Gasteiger partial charge on any atom is -0.486 e. The van der Waals surface area contributed by atoms with Crippen LogP contribution in [0.3, 0.4) is 0 Å². The largest absolute Gasteiger partial charge is 0.486 e. The summed E-state index contributed by atoms with van der Waals surface area (Å²) in [6.45, 7) is 3.79. The summed E-state index contributed by atoms with van der Waals surface area (Å²) in [6.07, 6.45) is -0.412. The van der Waals surface area contributed by atoms with Gasteiger partial charge in [-0.25, -0.2) is 12.8 Å². The first-order chi connectivity index (χ1) is 13.8. The lowest BCUT2D eigenvalue weighted by Gasteiger charge is -2.28. The molecule has 0 saturated heterocycles. The van der Waals surface area contributed by atoms with Crippen molar-refractivity contribution in [1.82, 2.24) is 10.0 Å². The van der Waals surface area contributed by atoms with Crippen molar-refractivity contribution < 1.29 is 27.1 Å². The third-order valence-electron chi connectivity index (χ3n) is 4.43. The van der Waals surface area contributed by atoms with Crippen LogP contribution in [0.2, 0.25) is 0 Å². The summed E-state index contributed by atoms with van der Waals surface area (Å²) < 4.78 is 52.7. The van der Waals surface area contributed by atoms with Gasteiger partial charge in [0.25, 0.3) is 0 Å². The highest BCUT2D eigenvalue weighted by Crippen LogP contribution is 2.30. The lowest BCUT2D eigenvalue weighted by molar-refractivity contribution is -0.124. The fourth-order valence-electron chi connectivity index (χ4n) is 2.87. The normalized spacial score (nSPS) is 17.0. The first-order valence-electron chi connectivity index (χ1n) is 9.21. The van der Waals surface area contributed by atoms with Gasteiger partial charge in [0.2, 0.25) is 15.9 Å². The minimum atomic E-state index is -4.21. The molecule has 0 aromatic heterocycles. The number of hydrogen-bond donors (Lipinski definition) is 2. The maximum absolute atomic E-state index is 13.9. The Morgan fingerprint density at radius 3 is 2.48 bits per heavy atom. The molecule has 0 radical (unpaired) electrons.